The third kappa shape index (κ3) is 5.58. The maximum atomic E-state index is 13.0. The van der Waals surface area contributed by atoms with E-state index in [4.69, 9.17) is 4.74 Å². The molecule has 0 atom stereocenters. The minimum absolute atomic E-state index is 0.0598. The van der Waals surface area contributed by atoms with Gasteiger partial charge in [-0.1, -0.05) is 30.3 Å². The summed E-state index contributed by atoms with van der Waals surface area (Å²) in [6.45, 7) is -1.18. The number of nitrogens with one attached hydrogen (secondary N) is 2. The number of carbonyl (C=O) groups is 1. The number of halogens is 2. The fraction of sp³-hybridized carbons (Fsp3) is 0.417. The van der Waals surface area contributed by atoms with Gasteiger partial charge < -0.3 is 15.4 Å². The number of alkyl carbamates (subject to hydrolysis) is 1. The minimum Gasteiger partial charge on any atom is -0.445 e. The lowest BCUT2D eigenvalue weighted by Gasteiger charge is -2.16. The molecule has 18 heavy (non-hydrogen) atoms. The summed E-state index contributed by atoms with van der Waals surface area (Å²) >= 11 is 0. The van der Waals surface area contributed by atoms with Crippen LogP contribution in [0.3, 0.4) is 0 Å². The molecule has 0 unspecified atom stereocenters. The number of amides is 1. The molecular weight excluding hydrogens is 242 g/mol. The summed E-state index contributed by atoms with van der Waals surface area (Å²) in [5, 5.41) is 4.37. The lowest BCUT2D eigenvalue weighted by atomic mass is 10.2. The van der Waals surface area contributed by atoms with Crippen LogP contribution in [0.1, 0.15) is 5.56 Å². The summed E-state index contributed by atoms with van der Waals surface area (Å²) in [5.74, 6) is -2.99. The monoisotopic (exact) mass is 258 g/mol. The second kappa shape index (κ2) is 6.90. The van der Waals surface area contributed by atoms with Gasteiger partial charge in [-0.3, -0.25) is 0 Å². The van der Waals surface area contributed by atoms with E-state index in [1.54, 1.807) is 24.3 Å². The van der Waals surface area contributed by atoms with Gasteiger partial charge in [-0.15, -0.1) is 0 Å². The van der Waals surface area contributed by atoms with Crippen LogP contribution in [-0.2, 0) is 11.3 Å². The molecule has 1 amide bonds. The maximum Gasteiger partial charge on any atom is 0.407 e. The van der Waals surface area contributed by atoms with Crippen molar-refractivity contribution < 1.29 is 18.3 Å². The lowest BCUT2D eigenvalue weighted by Crippen LogP contribution is -2.42. The molecule has 4 nitrogen and oxygen atoms in total. The van der Waals surface area contributed by atoms with E-state index in [1.807, 2.05) is 11.4 Å². The Morgan fingerprint density at radius 2 is 1.94 bits per heavy atom. The van der Waals surface area contributed by atoms with Crippen LogP contribution in [0.4, 0.5) is 13.6 Å². The molecule has 0 saturated heterocycles. The molecule has 6 heteroatoms. The Labute approximate surface area is 104 Å². The fourth-order valence-corrected chi connectivity index (χ4v) is 1.30. The van der Waals surface area contributed by atoms with Crippen LogP contribution in [0.15, 0.2) is 30.3 Å². The van der Waals surface area contributed by atoms with Crippen molar-refractivity contribution in [1.82, 2.24) is 10.6 Å². The number of carbonyl (C=O) groups excluding carboxylic acids is 1. The Morgan fingerprint density at radius 3 is 2.56 bits per heavy atom. The average molecular weight is 258 g/mol. The predicted molar refractivity (Wildman–Crippen MR) is 63.5 cm³/mol. The Hall–Kier alpha value is -1.69. The highest BCUT2D eigenvalue weighted by molar-refractivity contribution is 5.67. The average Bonchev–Trinajstić information content (AvgIpc) is 2.35. The number of rotatable bonds is 6. The van der Waals surface area contributed by atoms with Crippen molar-refractivity contribution in [3.8, 4) is 0 Å². The molecule has 0 aliphatic rings. The number of hydrogen-bond donors (Lipinski definition) is 2. The van der Waals surface area contributed by atoms with Crippen LogP contribution >= 0.6 is 0 Å². The van der Waals surface area contributed by atoms with Crippen LogP contribution < -0.4 is 10.6 Å². The molecule has 2 N–H and O–H groups in total. The van der Waals surface area contributed by atoms with Gasteiger partial charge in [0.05, 0.1) is 13.1 Å². The van der Waals surface area contributed by atoms with Gasteiger partial charge in [0.2, 0.25) is 0 Å². The van der Waals surface area contributed by atoms with Gasteiger partial charge >= 0.3 is 6.09 Å². The molecule has 0 saturated carbocycles. The molecule has 0 radical (unpaired) electrons. The van der Waals surface area contributed by atoms with Crippen LogP contribution in [0.25, 0.3) is 0 Å². The highest BCUT2D eigenvalue weighted by atomic mass is 19.3. The molecule has 0 fully saturated rings. The van der Waals surface area contributed by atoms with Crippen LogP contribution in [-0.4, -0.2) is 32.2 Å². The SMILES string of the molecule is CNCC(F)(F)CNC(=O)OCc1ccccc1. The van der Waals surface area contributed by atoms with Crippen LogP contribution in [0, 0.1) is 0 Å². The summed E-state index contributed by atoms with van der Waals surface area (Å²) in [6.07, 6.45) is -0.852. The predicted octanol–water partition coefficient (Wildman–Crippen LogP) is 1.77. The number of ether oxygens (including phenoxy) is 1. The zero-order chi connectivity index (χ0) is 13.4. The van der Waals surface area contributed by atoms with Gasteiger partial charge in [0.1, 0.15) is 6.61 Å². The topological polar surface area (TPSA) is 50.4 Å². The molecule has 1 aromatic rings. The third-order valence-electron chi connectivity index (χ3n) is 2.14. The standard InChI is InChI=1S/C12H16F2N2O2/c1-15-8-12(13,14)9-16-11(17)18-7-10-5-3-2-4-6-10/h2-6,15H,7-9H2,1H3,(H,16,17). The molecular formula is C12H16F2N2O2. The highest BCUT2D eigenvalue weighted by Gasteiger charge is 2.28. The fourth-order valence-electron chi connectivity index (χ4n) is 1.30. The molecule has 1 aromatic carbocycles. The van der Waals surface area contributed by atoms with Gasteiger partial charge in [0, 0.05) is 0 Å². The first-order valence-corrected chi connectivity index (χ1v) is 5.50. The largest absolute Gasteiger partial charge is 0.445 e. The van der Waals surface area contributed by atoms with E-state index >= 15 is 0 Å². The molecule has 0 spiro atoms. The summed E-state index contributed by atoms with van der Waals surface area (Å²) < 4.78 is 30.8. The number of alkyl halides is 2. The summed E-state index contributed by atoms with van der Waals surface area (Å²) in [4.78, 5) is 11.2. The van der Waals surface area contributed by atoms with E-state index in [0.29, 0.717) is 0 Å². The molecule has 0 bridgehead atoms. The van der Waals surface area contributed by atoms with Crippen molar-refractivity contribution in [1.29, 1.82) is 0 Å². The molecule has 0 aliphatic carbocycles. The van der Waals surface area contributed by atoms with Gasteiger partial charge in [-0.2, -0.15) is 0 Å². The highest BCUT2D eigenvalue weighted by Crippen LogP contribution is 2.09. The summed E-state index contributed by atoms with van der Waals surface area (Å²) in [7, 11) is 1.42. The number of hydrogen-bond acceptors (Lipinski definition) is 3. The Bertz CT molecular complexity index is 372. The van der Waals surface area contributed by atoms with Crippen molar-refractivity contribution in [3.63, 3.8) is 0 Å². The zero-order valence-electron chi connectivity index (χ0n) is 10.1. The Kier molecular flexibility index (Phi) is 5.51. The molecule has 100 valence electrons. The summed E-state index contributed by atoms with van der Waals surface area (Å²) in [5.41, 5.74) is 0.801. The number of benzene rings is 1. The third-order valence-corrected chi connectivity index (χ3v) is 2.14. The van der Waals surface area contributed by atoms with E-state index in [-0.39, 0.29) is 6.61 Å². The van der Waals surface area contributed by atoms with Gasteiger partial charge in [0.25, 0.3) is 5.92 Å². The van der Waals surface area contributed by atoms with Crippen molar-refractivity contribution >= 4 is 6.09 Å². The normalized spacial score (nSPS) is 11.1. The van der Waals surface area contributed by atoms with Gasteiger partial charge in [-0.25, -0.2) is 13.6 Å². The van der Waals surface area contributed by atoms with Crippen molar-refractivity contribution in [3.05, 3.63) is 35.9 Å². The van der Waals surface area contributed by atoms with E-state index in [1.165, 1.54) is 7.05 Å². The lowest BCUT2D eigenvalue weighted by molar-refractivity contribution is 0.00407. The van der Waals surface area contributed by atoms with Crippen molar-refractivity contribution in [2.75, 3.05) is 20.1 Å². The van der Waals surface area contributed by atoms with Gasteiger partial charge in [-0.05, 0) is 12.6 Å². The second-order valence-electron chi connectivity index (χ2n) is 3.80. The van der Waals surface area contributed by atoms with Crippen molar-refractivity contribution in [2.45, 2.75) is 12.5 Å². The molecule has 0 aromatic heterocycles. The first-order valence-electron chi connectivity index (χ1n) is 5.50. The smallest absolute Gasteiger partial charge is 0.407 e. The van der Waals surface area contributed by atoms with Gasteiger partial charge in [0.15, 0.2) is 0 Å². The van der Waals surface area contributed by atoms with E-state index in [0.717, 1.165) is 5.56 Å². The van der Waals surface area contributed by atoms with Crippen LogP contribution in [0.5, 0.6) is 0 Å². The summed E-state index contributed by atoms with van der Waals surface area (Å²) in [6, 6.07) is 9.00. The zero-order valence-corrected chi connectivity index (χ0v) is 10.1. The molecule has 0 aliphatic heterocycles. The molecule has 0 heterocycles. The first-order chi connectivity index (χ1) is 8.53. The minimum atomic E-state index is -2.99. The van der Waals surface area contributed by atoms with E-state index in [9.17, 15) is 13.6 Å². The molecule has 1 rings (SSSR count). The maximum absolute atomic E-state index is 13.0. The Balaban J connectivity index is 2.26. The van der Waals surface area contributed by atoms with E-state index in [2.05, 4.69) is 5.32 Å². The Morgan fingerprint density at radius 1 is 1.28 bits per heavy atom. The van der Waals surface area contributed by atoms with E-state index < -0.39 is 25.1 Å². The quantitative estimate of drug-likeness (QED) is 0.817. The van der Waals surface area contributed by atoms with Crippen molar-refractivity contribution in [2.24, 2.45) is 0 Å². The second-order valence-corrected chi connectivity index (χ2v) is 3.80. The van der Waals surface area contributed by atoms with Crippen LogP contribution in [0.2, 0.25) is 0 Å². The first kappa shape index (κ1) is 14.4.